The second-order valence-corrected chi connectivity index (χ2v) is 22.9. The summed E-state index contributed by atoms with van der Waals surface area (Å²) in [7, 11) is 0. The molecule has 0 spiro atoms. The van der Waals surface area contributed by atoms with Gasteiger partial charge in [0.15, 0.2) is 11.6 Å². The standard InChI is InChI=1S/C56H67ClN12O8S/c1-31(2)49(56(73)68-29-38(70)22-46(68)54(72)62-32(3)34-9-12-43(60-26-34)52-33(4)61-30-78-52)51-50(57)55(65-77-51)74-20-19-66-17-14-39(15-18-66)75-40-23-41(24-40)76-48-21-35(13-16-59-48)69-36-10-11-37(69)28-67(27-36)45-25-44(63-64-53(45)58)42-7-5-6-8-47(42)71/h5-9,12-13,16,21,25-26,30-32,36-41,46,49,70-71H,10-11,14-15,17-20,22-24,27-29H2,1-4H3,(H2,58,64)(H,62,72)/t32-,36+,37?,38+,40?,41?,46-,49-/m0/s1. The summed E-state index contributed by atoms with van der Waals surface area (Å²) >= 11 is 8.37. The lowest BCUT2D eigenvalue weighted by atomic mass is 9.91. The highest BCUT2D eigenvalue weighted by atomic mass is 35.5. The van der Waals surface area contributed by atoms with Gasteiger partial charge in [0, 0.05) is 100 Å². The monoisotopic (exact) mass is 1100 g/mol. The van der Waals surface area contributed by atoms with Crippen molar-refractivity contribution in [2.45, 2.75) is 127 Å². The van der Waals surface area contributed by atoms with E-state index in [0.29, 0.717) is 36.1 Å². The number of thiazole rings is 1. The fourth-order valence-electron chi connectivity index (χ4n) is 11.8. The van der Waals surface area contributed by atoms with E-state index in [2.05, 4.69) is 62.5 Å². The van der Waals surface area contributed by atoms with Gasteiger partial charge in [0.05, 0.1) is 57.5 Å². The fraction of sp³-hybridized carbons (Fsp3) is 0.500. The largest absolute Gasteiger partial charge is 0.507 e. The molecule has 1 unspecified atom stereocenters. The number of hydrogen-bond donors (Lipinski definition) is 4. The molecule has 6 aromatic rings. The summed E-state index contributed by atoms with van der Waals surface area (Å²) in [5, 5.41) is 37.0. The molecule has 2 amide bonds. The Labute approximate surface area is 462 Å². The zero-order valence-corrected chi connectivity index (χ0v) is 45.9. The van der Waals surface area contributed by atoms with Gasteiger partial charge in [-0.3, -0.25) is 19.5 Å². The Morgan fingerprint density at radius 1 is 0.923 bits per heavy atom. The number of piperidine rings is 1. The Balaban J connectivity index is 0.610. The number of carbonyl (C=O) groups is 2. The number of aryl methyl sites for hydroxylation is 1. The number of piperazine rings is 1. The summed E-state index contributed by atoms with van der Waals surface area (Å²) in [6.45, 7) is 11.8. The Morgan fingerprint density at radius 2 is 1.71 bits per heavy atom. The number of nitrogens with one attached hydrogen (secondary N) is 1. The number of likely N-dealkylation sites (tertiary alicyclic amines) is 2. The Morgan fingerprint density at radius 3 is 2.42 bits per heavy atom. The van der Waals surface area contributed by atoms with E-state index in [9.17, 15) is 19.8 Å². The zero-order valence-electron chi connectivity index (χ0n) is 44.3. The van der Waals surface area contributed by atoms with Crippen LogP contribution in [0.1, 0.15) is 94.7 Å². The first-order valence-electron chi connectivity index (χ1n) is 27.1. The van der Waals surface area contributed by atoms with Gasteiger partial charge in [0.25, 0.3) is 5.88 Å². The average molecular weight is 1100 g/mol. The van der Waals surface area contributed by atoms with Crippen LogP contribution < -0.4 is 30.3 Å². The smallest absolute Gasteiger partial charge is 0.273 e. The van der Waals surface area contributed by atoms with Crippen molar-refractivity contribution in [3.8, 4) is 39.3 Å². The summed E-state index contributed by atoms with van der Waals surface area (Å²) in [6.07, 6.45) is 8.69. The summed E-state index contributed by atoms with van der Waals surface area (Å²) in [5.74, 6) is -0.463. The van der Waals surface area contributed by atoms with E-state index in [1.165, 1.54) is 16.2 Å². The summed E-state index contributed by atoms with van der Waals surface area (Å²) < 4.78 is 24.7. The lowest BCUT2D eigenvalue weighted by Crippen LogP contribution is -2.54. The number of ether oxygens (including phenoxy) is 3. The van der Waals surface area contributed by atoms with Crippen molar-refractivity contribution in [3.63, 3.8) is 0 Å². The van der Waals surface area contributed by atoms with Gasteiger partial charge in [0.1, 0.15) is 35.4 Å². The lowest BCUT2D eigenvalue weighted by Gasteiger charge is -2.43. The van der Waals surface area contributed by atoms with Gasteiger partial charge in [-0.2, -0.15) is 0 Å². The molecule has 6 atom stereocenters. The van der Waals surface area contributed by atoms with Crippen LogP contribution in [0.5, 0.6) is 17.5 Å². The predicted octanol–water partition coefficient (Wildman–Crippen LogP) is 7.20. The number of fused-ring (bicyclic) bond motifs is 2. The number of amides is 2. The van der Waals surface area contributed by atoms with Crippen LogP contribution in [0.4, 0.5) is 17.2 Å². The van der Waals surface area contributed by atoms with Crippen LogP contribution in [0.2, 0.25) is 5.02 Å². The van der Waals surface area contributed by atoms with Crippen molar-refractivity contribution in [2.75, 3.05) is 61.4 Å². The number of aromatic hydroxyl groups is 1. The fourth-order valence-corrected chi connectivity index (χ4v) is 12.8. The van der Waals surface area contributed by atoms with Crippen LogP contribution in [0.25, 0.3) is 21.8 Å². The van der Waals surface area contributed by atoms with Crippen LogP contribution in [0.15, 0.2) is 77.0 Å². The van der Waals surface area contributed by atoms with Gasteiger partial charge in [-0.05, 0) is 86.5 Å². The topological polar surface area (TPSA) is 244 Å². The van der Waals surface area contributed by atoms with E-state index in [4.69, 9.17) is 36.1 Å². The molecule has 5 fully saturated rings. The minimum Gasteiger partial charge on any atom is -0.507 e. The number of nitrogens with two attached hydrogens (primary N) is 1. The number of aliphatic hydroxyl groups is 1. The molecule has 2 bridgehead atoms. The molecule has 78 heavy (non-hydrogen) atoms. The third-order valence-electron chi connectivity index (χ3n) is 16.1. The van der Waals surface area contributed by atoms with Gasteiger partial charge >= 0.3 is 0 Å². The minimum absolute atomic E-state index is 0.00353. The number of aromatic nitrogens is 6. The molecule has 20 nitrogen and oxygen atoms in total. The van der Waals surface area contributed by atoms with Crippen molar-refractivity contribution in [1.29, 1.82) is 0 Å². The first-order valence-corrected chi connectivity index (χ1v) is 28.4. The number of pyridine rings is 2. The number of halogens is 1. The third kappa shape index (κ3) is 11.3. The van der Waals surface area contributed by atoms with Crippen LogP contribution in [0.3, 0.4) is 0 Å². The molecule has 1 saturated carbocycles. The van der Waals surface area contributed by atoms with Gasteiger partial charge < -0.3 is 54.7 Å². The van der Waals surface area contributed by atoms with Gasteiger partial charge in [-0.25, -0.2) is 9.97 Å². The molecular weight excluding hydrogens is 1040 g/mol. The summed E-state index contributed by atoms with van der Waals surface area (Å²) in [6, 6.07) is 16.3. The summed E-state index contributed by atoms with van der Waals surface area (Å²) in [5.41, 5.74) is 13.8. The van der Waals surface area contributed by atoms with Crippen molar-refractivity contribution >= 4 is 51.9 Å². The lowest BCUT2D eigenvalue weighted by molar-refractivity contribution is -0.141. The minimum atomic E-state index is -0.897. The highest BCUT2D eigenvalue weighted by Crippen LogP contribution is 2.42. The second-order valence-electron chi connectivity index (χ2n) is 21.7. The predicted molar refractivity (Wildman–Crippen MR) is 295 cm³/mol. The number of carbonyl (C=O) groups excluding carboxylic acids is 2. The van der Waals surface area contributed by atoms with Gasteiger partial charge in [-0.1, -0.05) is 43.6 Å². The molecular formula is C56H67ClN12O8S. The van der Waals surface area contributed by atoms with E-state index in [1.54, 1.807) is 23.8 Å². The van der Waals surface area contributed by atoms with E-state index in [-0.39, 0.29) is 83.5 Å². The maximum atomic E-state index is 14.3. The number of nitrogens with zero attached hydrogens (tertiary/aromatic N) is 10. The van der Waals surface area contributed by atoms with Crippen LogP contribution >= 0.6 is 22.9 Å². The number of rotatable bonds is 18. The normalized spacial score (nSPS) is 23.3. The molecule has 5 aliphatic rings. The van der Waals surface area contributed by atoms with Crippen molar-refractivity contribution in [1.82, 2.24) is 45.4 Å². The number of phenolic OH excluding ortho intramolecular Hbond substituents is 1. The first-order chi connectivity index (χ1) is 37.7. The molecule has 1 aromatic carbocycles. The van der Waals surface area contributed by atoms with E-state index in [1.807, 2.05) is 64.2 Å². The Kier molecular flexibility index (Phi) is 15.7. The summed E-state index contributed by atoms with van der Waals surface area (Å²) in [4.78, 5) is 51.2. The van der Waals surface area contributed by atoms with E-state index in [0.717, 1.165) is 97.9 Å². The molecule has 1 aliphatic carbocycles. The number of aliphatic hydroxyl groups excluding tert-OH is 1. The Bertz CT molecular complexity index is 3060. The molecule has 11 rings (SSSR count). The highest BCUT2D eigenvalue weighted by Gasteiger charge is 2.45. The van der Waals surface area contributed by atoms with Gasteiger partial charge in [-0.15, -0.1) is 21.5 Å². The Hall–Kier alpha value is -6.65. The van der Waals surface area contributed by atoms with Crippen LogP contribution in [-0.2, 0) is 14.3 Å². The molecule has 5 N–H and O–H groups in total. The molecule has 4 saturated heterocycles. The average Bonchev–Trinajstić information content (AvgIpc) is 4.26. The zero-order chi connectivity index (χ0) is 54.2. The first kappa shape index (κ1) is 53.4. The van der Waals surface area contributed by atoms with E-state index >= 15 is 0 Å². The number of para-hydroxylation sites is 1. The third-order valence-corrected chi connectivity index (χ3v) is 17.4. The van der Waals surface area contributed by atoms with Crippen LogP contribution in [-0.4, -0.2) is 151 Å². The second kappa shape index (κ2) is 23.0. The van der Waals surface area contributed by atoms with Crippen molar-refractivity contribution in [3.05, 3.63) is 94.5 Å². The molecule has 22 heteroatoms. The quantitative estimate of drug-likeness (QED) is 0.0665. The number of hydrogen-bond acceptors (Lipinski definition) is 19. The van der Waals surface area contributed by atoms with Crippen molar-refractivity contribution < 1.29 is 38.5 Å². The maximum absolute atomic E-state index is 14.3. The number of β-amino-alcohol motifs (C(OH)–C–C–N with tert-alkyl or cyclic N) is 1. The number of anilines is 3. The SMILES string of the molecule is Cc1ncsc1-c1ccc([C@H](C)NC(=O)[C@@H]2C[C@@H](O)CN2C(=O)[C@H](c2onc(OCCN3CCC(OC4CC(Oc5cc(N6C7CC[C@@H]6CN(c6cc(-c8ccccc8O)nnc6N)C7)ccn5)C4)CC3)c2Cl)C(C)C)cn1. The number of nitrogen functional groups attached to an aromatic ring is 1. The molecule has 9 heterocycles. The molecule has 0 radical (unpaired) electrons. The van der Waals surface area contributed by atoms with Crippen molar-refractivity contribution in [2.24, 2.45) is 5.92 Å². The number of phenols is 1. The number of benzene rings is 1. The van der Waals surface area contributed by atoms with Crippen LogP contribution in [0, 0.1) is 12.8 Å². The maximum Gasteiger partial charge on any atom is 0.273 e. The highest BCUT2D eigenvalue weighted by molar-refractivity contribution is 7.13. The molecule has 412 valence electrons. The van der Waals surface area contributed by atoms with Gasteiger partial charge in [0.2, 0.25) is 17.7 Å². The van der Waals surface area contributed by atoms with E-state index < -0.39 is 24.1 Å². The molecule has 5 aromatic heterocycles. The molecule has 4 aliphatic heterocycles.